The Hall–Kier alpha value is -2.60. The molecule has 5 rings (SSSR count). The summed E-state index contributed by atoms with van der Waals surface area (Å²) in [6.07, 6.45) is 9.90. The van der Waals surface area contributed by atoms with Crippen molar-refractivity contribution in [3.63, 3.8) is 0 Å². The van der Waals surface area contributed by atoms with Crippen molar-refractivity contribution in [1.29, 1.82) is 0 Å². The molecule has 1 unspecified atom stereocenters. The maximum atomic E-state index is 13.2. The van der Waals surface area contributed by atoms with Crippen LogP contribution in [0.1, 0.15) is 60.0 Å². The van der Waals surface area contributed by atoms with E-state index in [9.17, 15) is 9.59 Å². The minimum absolute atomic E-state index is 0.0279. The monoisotopic (exact) mass is 434 g/mol. The molecule has 2 amide bonds. The number of nitrogens with one attached hydrogen (secondary N) is 2. The molecule has 32 heavy (non-hydrogen) atoms. The lowest BCUT2D eigenvalue weighted by molar-refractivity contribution is -0.128. The summed E-state index contributed by atoms with van der Waals surface area (Å²) in [7, 11) is 0. The maximum absolute atomic E-state index is 13.2. The number of H-pyrrole nitrogens is 1. The van der Waals surface area contributed by atoms with E-state index in [-0.39, 0.29) is 29.3 Å². The van der Waals surface area contributed by atoms with E-state index in [0.717, 1.165) is 75.8 Å². The molecule has 3 heterocycles. The zero-order valence-electron chi connectivity index (χ0n) is 19.0. The summed E-state index contributed by atoms with van der Waals surface area (Å²) in [4.78, 5) is 33.4. The first-order chi connectivity index (χ1) is 15.6. The molecule has 0 bridgehead atoms. The van der Waals surface area contributed by atoms with Crippen LogP contribution in [0.2, 0.25) is 0 Å². The van der Waals surface area contributed by atoms with E-state index in [0.29, 0.717) is 0 Å². The quantitative estimate of drug-likeness (QED) is 0.757. The first kappa shape index (κ1) is 21.3. The lowest BCUT2D eigenvalue weighted by Crippen LogP contribution is -2.50. The fraction of sp³-hybridized carbons (Fsp3) is 0.538. The second kappa shape index (κ2) is 8.74. The molecule has 2 N–H and O–H groups in total. The molecule has 2 saturated heterocycles. The van der Waals surface area contributed by atoms with Crippen LogP contribution < -0.4 is 5.32 Å². The van der Waals surface area contributed by atoms with Gasteiger partial charge in [0.15, 0.2) is 0 Å². The Labute approximate surface area is 190 Å². The molecule has 2 atom stereocenters. The highest BCUT2D eigenvalue weighted by atomic mass is 16.2. The molecule has 1 saturated carbocycles. The van der Waals surface area contributed by atoms with Crippen LogP contribution in [-0.4, -0.2) is 58.3 Å². The van der Waals surface area contributed by atoms with E-state index in [1.807, 2.05) is 24.1 Å². The third-order valence-electron chi connectivity index (χ3n) is 7.88. The molecular formula is C26H34N4O2. The summed E-state index contributed by atoms with van der Waals surface area (Å²) in [5, 5.41) is 3.39. The standard InChI is InChI=1S/C26H34N4O2/c1-19-16-27-17-21(19)25(32)29-13-10-26(11-14-29)15-23(26)28-24(31)22-9-5-6-12-30(22)18-20-7-3-2-4-8-20/h2-4,7-8,16-17,22-23,27H,5-6,9-15,18H2,1H3,(H,28,31)/t22-,23?/m1/s1. The molecule has 1 spiro atoms. The Morgan fingerprint density at radius 2 is 1.88 bits per heavy atom. The van der Waals surface area contributed by atoms with Crippen molar-refractivity contribution in [3.05, 3.63) is 59.4 Å². The number of hydrogen-bond acceptors (Lipinski definition) is 3. The number of nitrogens with zero attached hydrogens (tertiary/aromatic N) is 2. The number of aryl methyl sites for hydroxylation is 1. The molecule has 2 aromatic rings. The Morgan fingerprint density at radius 3 is 2.59 bits per heavy atom. The number of carbonyl (C=O) groups excluding carboxylic acids is 2. The van der Waals surface area contributed by atoms with Gasteiger partial charge in [-0.05, 0) is 62.1 Å². The number of hydrogen-bond donors (Lipinski definition) is 2. The van der Waals surface area contributed by atoms with Crippen LogP contribution in [0.3, 0.4) is 0 Å². The van der Waals surface area contributed by atoms with Crippen molar-refractivity contribution in [3.8, 4) is 0 Å². The summed E-state index contributed by atoms with van der Waals surface area (Å²) < 4.78 is 0. The van der Waals surface area contributed by atoms with Gasteiger partial charge in [0.25, 0.3) is 5.91 Å². The maximum Gasteiger partial charge on any atom is 0.255 e. The van der Waals surface area contributed by atoms with Crippen molar-refractivity contribution in [2.24, 2.45) is 5.41 Å². The van der Waals surface area contributed by atoms with Gasteiger partial charge in [0.1, 0.15) is 0 Å². The van der Waals surface area contributed by atoms with Gasteiger partial charge in [0.05, 0.1) is 11.6 Å². The van der Waals surface area contributed by atoms with Crippen LogP contribution in [-0.2, 0) is 11.3 Å². The van der Waals surface area contributed by atoms with Crippen LogP contribution in [0.5, 0.6) is 0 Å². The highest BCUT2D eigenvalue weighted by molar-refractivity contribution is 5.95. The fourth-order valence-electron chi connectivity index (χ4n) is 5.66. The molecule has 3 fully saturated rings. The van der Waals surface area contributed by atoms with Crippen molar-refractivity contribution < 1.29 is 9.59 Å². The van der Waals surface area contributed by atoms with Gasteiger partial charge in [0.2, 0.25) is 5.91 Å². The van der Waals surface area contributed by atoms with Gasteiger partial charge in [-0.25, -0.2) is 0 Å². The zero-order valence-corrected chi connectivity index (χ0v) is 19.0. The van der Waals surface area contributed by atoms with E-state index in [2.05, 4.69) is 39.5 Å². The molecule has 1 aliphatic carbocycles. The van der Waals surface area contributed by atoms with Crippen LogP contribution in [0.15, 0.2) is 42.7 Å². The van der Waals surface area contributed by atoms with Crippen LogP contribution in [0.25, 0.3) is 0 Å². The predicted octanol–water partition coefficient (Wildman–Crippen LogP) is 3.49. The second-order valence-electron chi connectivity index (χ2n) is 9.94. The van der Waals surface area contributed by atoms with Gasteiger partial charge in [-0.1, -0.05) is 36.8 Å². The summed E-state index contributed by atoms with van der Waals surface area (Å²) in [6, 6.07) is 10.7. The molecule has 1 aromatic carbocycles. The Kier molecular flexibility index (Phi) is 5.80. The number of piperidine rings is 2. The van der Waals surface area contributed by atoms with Crippen LogP contribution >= 0.6 is 0 Å². The molecule has 2 aliphatic heterocycles. The Morgan fingerprint density at radius 1 is 1.09 bits per heavy atom. The van der Waals surface area contributed by atoms with Crippen molar-refractivity contribution in [2.45, 2.75) is 64.1 Å². The topological polar surface area (TPSA) is 68.4 Å². The molecule has 1 aromatic heterocycles. The number of aromatic nitrogens is 1. The number of rotatable bonds is 5. The van der Waals surface area contributed by atoms with E-state index >= 15 is 0 Å². The second-order valence-corrected chi connectivity index (χ2v) is 9.94. The van der Waals surface area contributed by atoms with Crippen molar-refractivity contribution >= 4 is 11.8 Å². The average Bonchev–Trinajstić information content (AvgIpc) is 3.26. The molecule has 6 heteroatoms. The first-order valence-corrected chi connectivity index (χ1v) is 12.1. The average molecular weight is 435 g/mol. The minimum atomic E-state index is -0.0279. The third-order valence-corrected chi connectivity index (χ3v) is 7.88. The van der Waals surface area contributed by atoms with Gasteiger partial charge >= 0.3 is 0 Å². The summed E-state index contributed by atoms with van der Waals surface area (Å²) in [5.74, 6) is 0.322. The fourth-order valence-corrected chi connectivity index (χ4v) is 5.66. The lowest BCUT2D eigenvalue weighted by atomic mass is 9.92. The van der Waals surface area contributed by atoms with E-state index < -0.39 is 0 Å². The van der Waals surface area contributed by atoms with Gasteiger partial charge < -0.3 is 15.2 Å². The third kappa shape index (κ3) is 4.20. The van der Waals surface area contributed by atoms with E-state index in [1.54, 1.807) is 6.20 Å². The highest BCUT2D eigenvalue weighted by Gasteiger charge is 2.56. The number of benzene rings is 1. The SMILES string of the molecule is Cc1c[nH]cc1C(=O)N1CCC2(CC1)CC2NC(=O)[C@H]1CCCCN1Cc1ccccc1. The van der Waals surface area contributed by atoms with Gasteiger partial charge in [-0.2, -0.15) is 0 Å². The molecule has 6 nitrogen and oxygen atoms in total. The largest absolute Gasteiger partial charge is 0.367 e. The van der Waals surface area contributed by atoms with E-state index in [1.165, 1.54) is 5.56 Å². The summed E-state index contributed by atoms with van der Waals surface area (Å²) in [5.41, 5.74) is 3.24. The zero-order chi connectivity index (χ0) is 22.1. The normalized spacial score (nSPS) is 25.0. The van der Waals surface area contributed by atoms with Gasteiger partial charge in [-0.3, -0.25) is 14.5 Å². The molecule has 170 valence electrons. The Bertz CT molecular complexity index is 961. The number of amides is 2. The molecule has 0 radical (unpaired) electrons. The summed E-state index contributed by atoms with van der Waals surface area (Å²) in [6.45, 7) is 5.34. The number of carbonyl (C=O) groups is 2. The van der Waals surface area contributed by atoms with Crippen LogP contribution in [0, 0.1) is 12.3 Å². The number of aromatic amines is 1. The lowest BCUT2D eigenvalue weighted by Gasteiger charge is -2.36. The highest BCUT2D eigenvalue weighted by Crippen LogP contribution is 2.54. The smallest absolute Gasteiger partial charge is 0.255 e. The van der Waals surface area contributed by atoms with Crippen molar-refractivity contribution in [1.82, 2.24) is 20.1 Å². The van der Waals surface area contributed by atoms with Crippen LogP contribution in [0.4, 0.5) is 0 Å². The van der Waals surface area contributed by atoms with E-state index in [4.69, 9.17) is 0 Å². The Balaban J connectivity index is 1.15. The van der Waals surface area contributed by atoms with Gasteiger partial charge in [-0.15, -0.1) is 0 Å². The molecule has 3 aliphatic rings. The van der Waals surface area contributed by atoms with Gasteiger partial charge in [0, 0.05) is 38.1 Å². The van der Waals surface area contributed by atoms with Crippen molar-refractivity contribution in [2.75, 3.05) is 19.6 Å². The first-order valence-electron chi connectivity index (χ1n) is 12.1. The molecular weight excluding hydrogens is 400 g/mol. The predicted molar refractivity (Wildman–Crippen MR) is 124 cm³/mol. The minimum Gasteiger partial charge on any atom is -0.367 e. The number of likely N-dealkylation sites (tertiary alicyclic amines) is 2. The summed E-state index contributed by atoms with van der Waals surface area (Å²) >= 11 is 0.